The van der Waals surface area contributed by atoms with Crippen molar-refractivity contribution in [3.8, 4) is 0 Å². The summed E-state index contributed by atoms with van der Waals surface area (Å²) < 4.78 is 3.89. The number of carbonyl (C=O) groups excluding carboxylic acids is 1. The SMILES string of the molecule is Cc1nc(C(=O)NC(C)C)ns1. The summed E-state index contributed by atoms with van der Waals surface area (Å²) in [5.41, 5.74) is 0. The Morgan fingerprint density at radius 3 is 2.67 bits per heavy atom. The van der Waals surface area contributed by atoms with Crippen LogP contribution >= 0.6 is 11.5 Å². The van der Waals surface area contributed by atoms with Gasteiger partial charge >= 0.3 is 0 Å². The number of rotatable bonds is 2. The molecule has 66 valence electrons. The van der Waals surface area contributed by atoms with E-state index in [1.54, 1.807) is 0 Å². The molecular formula is C7H11N3OS. The summed E-state index contributed by atoms with van der Waals surface area (Å²) in [7, 11) is 0. The molecule has 5 heteroatoms. The molecule has 0 saturated carbocycles. The van der Waals surface area contributed by atoms with Crippen molar-refractivity contribution >= 4 is 17.4 Å². The van der Waals surface area contributed by atoms with Crippen molar-refractivity contribution in [2.24, 2.45) is 0 Å². The molecule has 1 rings (SSSR count). The van der Waals surface area contributed by atoms with E-state index in [0.717, 1.165) is 5.01 Å². The maximum atomic E-state index is 11.2. The van der Waals surface area contributed by atoms with Crippen molar-refractivity contribution < 1.29 is 4.79 Å². The Hall–Kier alpha value is -0.970. The Kier molecular flexibility index (Phi) is 2.75. The van der Waals surface area contributed by atoms with E-state index in [4.69, 9.17) is 0 Å². The van der Waals surface area contributed by atoms with Crippen LogP contribution in [0.4, 0.5) is 0 Å². The number of nitrogens with zero attached hydrogens (tertiary/aromatic N) is 2. The zero-order valence-electron chi connectivity index (χ0n) is 7.29. The lowest BCUT2D eigenvalue weighted by molar-refractivity contribution is 0.0934. The van der Waals surface area contributed by atoms with Gasteiger partial charge in [-0.15, -0.1) is 0 Å². The smallest absolute Gasteiger partial charge is 0.290 e. The van der Waals surface area contributed by atoms with Crippen LogP contribution < -0.4 is 5.32 Å². The highest BCUT2D eigenvalue weighted by Crippen LogP contribution is 2.01. The van der Waals surface area contributed by atoms with E-state index >= 15 is 0 Å². The highest BCUT2D eigenvalue weighted by atomic mass is 32.1. The third-order valence-electron chi connectivity index (χ3n) is 1.15. The van der Waals surface area contributed by atoms with Crippen molar-refractivity contribution in [1.82, 2.24) is 14.7 Å². The third-order valence-corrected chi connectivity index (χ3v) is 1.77. The first-order valence-corrected chi connectivity index (χ1v) is 4.48. The molecule has 0 fully saturated rings. The molecule has 0 spiro atoms. The van der Waals surface area contributed by atoms with E-state index in [-0.39, 0.29) is 17.8 Å². The van der Waals surface area contributed by atoms with Crippen LogP contribution in [0.1, 0.15) is 29.5 Å². The highest BCUT2D eigenvalue weighted by molar-refractivity contribution is 7.05. The number of nitrogens with one attached hydrogen (secondary N) is 1. The molecule has 4 nitrogen and oxygen atoms in total. The number of aromatic nitrogens is 2. The molecule has 1 heterocycles. The highest BCUT2D eigenvalue weighted by Gasteiger charge is 2.11. The van der Waals surface area contributed by atoms with Crippen LogP contribution in [-0.2, 0) is 0 Å². The second kappa shape index (κ2) is 3.62. The lowest BCUT2D eigenvalue weighted by atomic mass is 10.4. The molecule has 0 unspecified atom stereocenters. The van der Waals surface area contributed by atoms with Crippen LogP contribution in [0.2, 0.25) is 0 Å². The van der Waals surface area contributed by atoms with Crippen LogP contribution in [0, 0.1) is 6.92 Å². The predicted octanol–water partition coefficient (Wildman–Crippen LogP) is 0.985. The van der Waals surface area contributed by atoms with E-state index in [2.05, 4.69) is 14.7 Å². The standard InChI is InChI=1S/C7H11N3OS/c1-4(2)8-7(11)6-9-5(3)12-10-6/h4H,1-3H3,(H,8,11). The first-order valence-electron chi connectivity index (χ1n) is 3.71. The monoisotopic (exact) mass is 185 g/mol. The average Bonchev–Trinajstić information content (AvgIpc) is 2.34. The molecule has 0 saturated heterocycles. The Bertz CT molecular complexity index is 282. The van der Waals surface area contributed by atoms with Crippen molar-refractivity contribution in [2.45, 2.75) is 26.8 Å². The van der Waals surface area contributed by atoms with Gasteiger partial charge in [0.25, 0.3) is 5.91 Å². The lowest BCUT2D eigenvalue weighted by Gasteiger charge is -2.04. The second-order valence-electron chi connectivity index (χ2n) is 2.77. The predicted molar refractivity (Wildman–Crippen MR) is 47.2 cm³/mol. The topological polar surface area (TPSA) is 54.9 Å². The summed E-state index contributed by atoms with van der Waals surface area (Å²) in [6.07, 6.45) is 0. The van der Waals surface area contributed by atoms with Crippen molar-refractivity contribution in [3.05, 3.63) is 10.8 Å². The Labute approximate surface area is 75.2 Å². The van der Waals surface area contributed by atoms with Crippen molar-refractivity contribution in [1.29, 1.82) is 0 Å². The zero-order valence-corrected chi connectivity index (χ0v) is 8.10. The van der Waals surface area contributed by atoms with Crippen LogP contribution in [-0.4, -0.2) is 21.3 Å². The largest absolute Gasteiger partial charge is 0.347 e. The zero-order chi connectivity index (χ0) is 9.14. The van der Waals surface area contributed by atoms with Gasteiger partial charge in [-0.3, -0.25) is 4.79 Å². The molecule has 1 aromatic heterocycles. The number of amides is 1. The first kappa shape index (κ1) is 9.12. The van der Waals surface area contributed by atoms with Crippen molar-refractivity contribution in [3.63, 3.8) is 0 Å². The molecule has 0 radical (unpaired) electrons. The van der Waals surface area contributed by atoms with Gasteiger partial charge in [-0.2, -0.15) is 4.37 Å². The Morgan fingerprint density at radius 2 is 2.25 bits per heavy atom. The average molecular weight is 185 g/mol. The van der Waals surface area contributed by atoms with Gasteiger partial charge < -0.3 is 5.32 Å². The Morgan fingerprint density at radius 1 is 1.58 bits per heavy atom. The van der Waals surface area contributed by atoms with Crippen LogP contribution in [0.25, 0.3) is 0 Å². The van der Waals surface area contributed by atoms with Gasteiger partial charge in [-0.1, -0.05) is 0 Å². The minimum Gasteiger partial charge on any atom is -0.347 e. The summed E-state index contributed by atoms with van der Waals surface area (Å²) in [5.74, 6) is 0.0700. The maximum absolute atomic E-state index is 11.2. The first-order chi connectivity index (χ1) is 5.59. The second-order valence-corrected chi connectivity index (χ2v) is 3.72. The van der Waals surface area contributed by atoms with Gasteiger partial charge in [-0.25, -0.2) is 4.98 Å². The molecular weight excluding hydrogens is 174 g/mol. The molecule has 0 aliphatic heterocycles. The number of hydrogen-bond donors (Lipinski definition) is 1. The van der Waals surface area contributed by atoms with Gasteiger partial charge in [0, 0.05) is 6.04 Å². The summed E-state index contributed by atoms with van der Waals surface area (Å²) in [6, 6.07) is 0.126. The normalized spacial score (nSPS) is 10.3. The summed E-state index contributed by atoms with van der Waals surface area (Å²) in [6.45, 7) is 5.62. The van der Waals surface area contributed by atoms with Crippen LogP contribution in [0.5, 0.6) is 0 Å². The molecule has 1 N–H and O–H groups in total. The van der Waals surface area contributed by atoms with E-state index < -0.39 is 0 Å². The van der Waals surface area contributed by atoms with E-state index in [0.29, 0.717) is 0 Å². The molecule has 1 amide bonds. The quantitative estimate of drug-likeness (QED) is 0.747. The number of hydrogen-bond acceptors (Lipinski definition) is 4. The summed E-state index contributed by atoms with van der Waals surface area (Å²) in [5, 5.41) is 3.52. The fourth-order valence-corrected chi connectivity index (χ4v) is 1.19. The summed E-state index contributed by atoms with van der Waals surface area (Å²) in [4.78, 5) is 15.2. The van der Waals surface area contributed by atoms with E-state index in [9.17, 15) is 4.79 Å². The molecule has 0 aliphatic rings. The van der Waals surface area contributed by atoms with E-state index in [1.165, 1.54) is 11.5 Å². The van der Waals surface area contributed by atoms with Gasteiger partial charge in [0.2, 0.25) is 5.82 Å². The third kappa shape index (κ3) is 2.27. The lowest BCUT2D eigenvalue weighted by Crippen LogP contribution is -2.30. The van der Waals surface area contributed by atoms with Crippen LogP contribution in [0.15, 0.2) is 0 Å². The molecule has 0 bridgehead atoms. The van der Waals surface area contributed by atoms with E-state index in [1.807, 2.05) is 20.8 Å². The Balaban J connectivity index is 2.65. The number of carbonyl (C=O) groups is 1. The molecule has 1 aromatic rings. The fourth-order valence-electron chi connectivity index (χ4n) is 0.718. The minimum absolute atomic E-state index is 0.126. The molecule has 12 heavy (non-hydrogen) atoms. The number of aryl methyl sites for hydroxylation is 1. The van der Waals surface area contributed by atoms with Crippen LogP contribution in [0.3, 0.4) is 0 Å². The van der Waals surface area contributed by atoms with Crippen molar-refractivity contribution in [2.75, 3.05) is 0 Å². The van der Waals surface area contributed by atoms with Gasteiger partial charge in [0.15, 0.2) is 0 Å². The van der Waals surface area contributed by atoms with Gasteiger partial charge in [-0.05, 0) is 32.3 Å². The molecule has 0 aliphatic carbocycles. The fraction of sp³-hybridized carbons (Fsp3) is 0.571. The summed E-state index contributed by atoms with van der Waals surface area (Å²) >= 11 is 1.24. The van der Waals surface area contributed by atoms with Gasteiger partial charge in [0.05, 0.1) is 0 Å². The van der Waals surface area contributed by atoms with Gasteiger partial charge in [0.1, 0.15) is 5.01 Å². The molecule has 0 aromatic carbocycles. The minimum atomic E-state index is -0.200. The molecule has 0 atom stereocenters. The maximum Gasteiger partial charge on any atom is 0.290 e.